The Morgan fingerprint density at radius 1 is 1.29 bits per heavy atom. The molecule has 0 fully saturated rings. The Kier molecular flexibility index (Phi) is 3.66. The van der Waals surface area contributed by atoms with Crippen LogP contribution in [0.25, 0.3) is 11.3 Å². The zero-order valence-electron chi connectivity index (χ0n) is 12.1. The first kappa shape index (κ1) is 13.7. The third-order valence-corrected chi connectivity index (χ3v) is 3.94. The maximum atomic E-state index is 4.59. The smallest absolute Gasteiger partial charge is 0.229 e. The van der Waals surface area contributed by atoms with Crippen LogP contribution in [0.5, 0.6) is 0 Å². The summed E-state index contributed by atoms with van der Waals surface area (Å²) < 4.78 is 0. The van der Waals surface area contributed by atoms with E-state index < -0.39 is 0 Å². The second-order valence-corrected chi connectivity index (χ2v) is 6.20. The predicted octanol–water partition coefficient (Wildman–Crippen LogP) is 3.50. The number of H-pyrrole nitrogens is 1. The van der Waals surface area contributed by atoms with Gasteiger partial charge in [0.25, 0.3) is 0 Å². The van der Waals surface area contributed by atoms with Gasteiger partial charge in [-0.05, 0) is 18.9 Å². The number of aromatic nitrogens is 5. The summed E-state index contributed by atoms with van der Waals surface area (Å²) in [5.74, 6) is 0.946. The molecule has 0 saturated heterocycles. The van der Waals surface area contributed by atoms with E-state index in [-0.39, 0.29) is 0 Å². The van der Waals surface area contributed by atoms with Crippen molar-refractivity contribution in [2.24, 2.45) is 0 Å². The van der Waals surface area contributed by atoms with Gasteiger partial charge in [-0.3, -0.25) is 5.10 Å². The Balaban J connectivity index is 1.86. The minimum Gasteiger partial charge on any atom is -0.300 e. The Morgan fingerprint density at radius 3 is 2.86 bits per heavy atom. The highest BCUT2D eigenvalue weighted by Gasteiger charge is 2.12. The maximum Gasteiger partial charge on any atom is 0.229 e. The number of rotatable bonds is 4. The predicted molar refractivity (Wildman–Crippen MR) is 83.8 cm³/mol. The monoisotopic (exact) mass is 300 g/mol. The molecule has 0 amide bonds. The molecule has 3 rings (SSSR count). The van der Waals surface area contributed by atoms with Crippen LogP contribution in [0, 0.1) is 6.92 Å². The fraction of sp³-hybridized carbons (Fsp3) is 0.286. The molecule has 108 valence electrons. The van der Waals surface area contributed by atoms with E-state index in [0.717, 1.165) is 27.0 Å². The van der Waals surface area contributed by atoms with Crippen LogP contribution in [0.2, 0.25) is 0 Å². The van der Waals surface area contributed by atoms with Gasteiger partial charge in [0.1, 0.15) is 0 Å². The zero-order valence-corrected chi connectivity index (χ0v) is 12.9. The quantitative estimate of drug-likeness (QED) is 0.771. The number of aryl methyl sites for hydroxylation is 1. The van der Waals surface area contributed by atoms with Gasteiger partial charge in [-0.25, -0.2) is 15.0 Å². The van der Waals surface area contributed by atoms with Gasteiger partial charge in [0.2, 0.25) is 5.95 Å². The van der Waals surface area contributed by atoms with E-state index in [1.807, 2.05) is 19.2 Å². The Bertz CT molecular complexity index is 732. The van der Waals surface area contributed by atoms with Crippen molar-refractivity contribution < 1.29 is 0 Å². The summed E-state index contributed by atoms with van der Waals surface area (Å²) in [6.45, 7) is 6.25. The lowest BCUT2D eigenvalue weighted by atomic mass is 10.1. The van der Waals surface area contributed by atoms with Crippen LogP contribution in [0.3, 0.4) is 0 Å². The molecule has 3 aromatic rings. The summed E-state index contributed by atoms with van der Waals surface area (Å²) in [6.07, 6.45) is 5.37. The molecule has 0 bridgehead atoms. The molecule has 21 heavy (non-hydrogen) atoms. The molecule has 2 N–H and O–H groups in total. The number of hydrogen-bond donors (Lipinski definition) is 2. The van der Waals surface area contributed by atoms with E-state index in [1.54, 1.807) is 23.7 Å². The average Bonchev–Trinajstić information content (AvgIpc) is 3.08. The van der Waals surface area contributed by atoms with E-state index in [2.05, 4.69) is 44.3 Å². The standard InChI is InChI=1S/C14H16N6S/c1-8(2)11-4-5-15-13(18-11)20-14-19-12(9(3)21-14)10-6-16-17-7-10/h4-8H,1-3H3,(H,16,17)(H,15,18,19,20). The fourth-order valence-electron chi connectivity index (χ4n) is 1.95. The van der Waals surface area contributed by atoms with Crippen molar-refractivity contribution in [3.8, 4) is 11.3 Å². The third kappa shape index (κ3) is 2.92. The number of anilines is 2. The summed E-state index contributed by atoms with van der Waals surface area (Å²) in [7, 11) is 0. The molecule has 7 heteroatoms. The first-order valence-corrected chi connectivity index (χ1v) is 7.51. The largest absolute Gasteiger partial charge is 0.300 e. The zero-order chi connectivity index (χ0) is 14.8. The van der Waals surface area contributed by atoms with Crippen LogP contribution in [0.4, 0.5) is 11.1 Å². The van der Waals surface area contributed by atoms with E-state index >= 15 is 0 Å². The molecule has 3 aromatic heterocycles. The topological polar surface area (TPSA) is 79.4 Å². The number of thiazole rings is 1. The van der Waals surface area contributed by atoms with Gasteiger partial charge in [-0.1, -0.05) is 13.8 Å². The molecule has 0 atom stereocenters. The van der Waals surface area contributed by atoms with E-state index in [0.29, 0.717) is 11.9 Å². The number of nitrogens with zero attached hydrogens (tertiary/aromatic N) is 4. The van der Waals surface area contributed by atoms with Crippen molar-refractivity contribution in [2.45, 2.75) is 26.7 Å². The fourth-order valence-corrected chi connectivity index (χ4v) is 2.78. The highest BCUT2D eigenvalue weighted by atomic mass is 32.1. The van der Waals surface area contributed by atoms with Gasteiger partial charge >= 0.3 is 0 Å². The molecule has 3 heterocycles. The van der Waals surface area contributed by atoms with Crippen molar-refractivity contribution in [1.82, 2.24) is 25.1 Å². The molecule has 0 aliphatic heterocycles. The molecular weight excluding hydrogens is 284 g/mol. The van der Waals surface area contributed by atoms with Crippen molar-refractivity contribution in [3.63, 3.8) is 0 Å². The minimum atomic E-state index is 0.369. The van der Waals surface area contributed by atoms with Crippen LogP contribution in [0.15, 0.2) is 24.7 Å². The molecule has 0 aromatic carbocycles. The molecule has 0 aliphatic rings. The van der Waals surface area contributed by atoms with Crippen molar-refractivity contribution in [2.75, 3.05) is 5.32 Å². The molecule has 0 unspecified atom stereocenters. The Hall–Kier alpha value is -2.28. The second kappa shape index (κ2) is 5.61. The van der Waals surface area contributed by atoms with Gasteiger partial charge in [0.05, 0.1) is 11.9 Å². The first-order chi connectivity index (χ1) is 10.1. The average molecular weight is 300 g/mol. The summed E-state index contributed by atoms with van der Waals surface area (Å²) >= 11 is 1.58. The maximum absolute atomic E-state index is 4.59. The molecule has 0 spiro atoms. The summed E-state index contributed by atoms with van der Waals surface area (Å²) in [5, 5.41) is 10.7. The molecule has 0 aliphatic carbocycles. The van der Waals surface area contributed by atoms with Gasteiger partial charge in [-0.2, -0.15) is 5.10 Å². The van der Waals surface area contributed by atoms with Crippen LogP contribution in [0.1, 0.15) is 30.3 Å². The minimum absolute atomic E-state index is 0.369. The highest BCUT2D eigenvalue weighted by Crippen LogP contribution is 2.30. The van der Waals surface area contributed by atoms with Gasteiger partial charge in [0, 0.05) is 28.5 Å². The summed E-state index contributed by atoms with van der Waals surface area (Å²) in [4.78, 5) is 14.5. The van der Waals surface area contributed by atoms with Gasteiger partial charge < -0.3 is 5.32 Å². The molecule has 0 radical (unpaired) electrons. The van der Waals surface area contributed by atoms with E-state index in [9.17, 15) is 0 Å². The van der Waals surface area contributed by atoms with Crippen molar-refractivity contribution >= 4 is 22.4 Å². The van der Waals surface area contributed by atoms with E-state index in [4.69, 9.17) is 0 Å². The summed E-state index contributed by atoms with van der Waals surface area (Å²) in [6, 6.07) is 1.93. The lowest BCUT2D eigenvalue weighted by molar-refractivity contribution is 0.817. The van der Waals surface area contributed by atoms with E-state index in [1.165, 1.54) is 0 Å². The number of nitrogens with one attached hydrogen (secondary N) is 2. The molecule has 6 nitrogen and oxygen atoms in total. The van der Waals surface area contributed by atoms with Crippen LogP contribution >= 0.6 is 11.3 Å². The molecule has 0 saturated carbocycles. The lowest BCUT2D eigenvalue weighted by Crippen LogP contribution is -2.00. The van der Waals surface area contributed by atoms with Crippen LogP contribution in [-0.4, -0.2) is 25.1 Å². The highest BCUT2D eigenvalue weighted by molar-refractivity contribution is 7.16. The molecular formula is C14H16N6S. The number of aromatic amines is 1. The SMILES string of the molecule is Cc1sc(Nc2nccc(C(C)C)n2)nc1-c1cn[nH]c1. The normalized spacial score (nSPS) is 11.0. The summed E-state index contributed by atoms with van der Waals surface area (Å²) in [5.41, 5.74) is 2.92. The first-order valence-electron chi connectivity index (χ1n) is 6.70. The van der Waals surface area contributed by atoms with Crippen LogP contribution in [-0.2, 0) is 0 Å². The Labute approximate surface area is 126 Å². The van der Waals surface area contributed by atoms with Crippen molar-refractivity contribution in [3.05, 3.63) is 35.2 Å². The second-order valence-electron chi connectivity index (χ2n) is 5.00. The number of hydrogen-bond acceptors (Lipinski definition) is 6. The van der Waals surface area contributed by atoms with Crippen molar-refractivity contribution in [1.29, 1.82) is 0 Å². The van der Waals surface area contributed by atoms with Gasteiger partial charge in [-0.15, -0.1) is 11.3 Å². The third-order valence-electron chi connectivity index (χ3n) is 3.06. The van der Waals surface area contributed by atoms with Crippen LogP contribution < -0.4 is 5.32 Å². The Morgan fingerprint density at radius 2 is 2.14 bits per heavy atom. The lowest BCUT2D eigenvalue weighted by Gasteiger charge is -2.06. The van der Waals surface area contributed by atoms with Gasteiger partial charge in [0.15, 0.2) is 5.13 Å².